The van der Waals surface area contributed by atoms with Crippen molar-refractivity contribution in [3.8, 4) is 0 Å². The molecule has 0 aliphatic heterocycles. The highest BCUT2D eigenvalue weighted by Crippen LogP contribution is 2.15. The van der Waals surface area contributed by atoms with Crippen LogP contribution in [-0.2, 0) is 0 Å². The molecule has 3 N–H and O–H groups in total. The summed E-state index contributed by atoms with van der Waals surface area (Å²) in [6, 6.07) is 7.62. The minimum absolute atomic E-state index is 0.0611. The normalized spacial score (nSPS) is 10.2. The van der Waals surface area contributed by atoms with Crippen molar-refractivity contribution in [2.24, 2.45) is 0 Å². The van der Waals surface area contributed by atoms with Crippen molar-refractivity contribution < 1.29 is 4.79 Å². The standard InChI is InChI=1S/C11H13N5O/c1-7-4-3-5-8(6-7)16(2)10(17)9-13-11(12)15-14-9/h3-6H,1-2H3,(H3,12,13,14,15). The van der Waals surface area contributed by atoms with Crippen LogP contribution in [-0.4, -0.2) is 28.1 Å². The van der Waals surface area contributed by atoms with Crippen LogP contribution in [0.4, 0.5) is 11.6 Å². The molecule has 1 heterocycles. The molecule has 2 aromatic rings. The predicted octanol–water partition coefficient (Wildman–Crippen LogP) is 0.972. The van der Waals surface area contributed by atoms with Gasteiger partial charge >= 0.3 is 0 Å². The number of aromatic amines is 1. The number of hydrogen-bond donors (Lipinski definition) is 2. The van der Waals surface area contributed by atoms with Crippen molar-refractivity contribution in [1.29, 1.82) is 0 Å². The van der Waals surface area contributed by atoms with Gasteiger partial charge in [-0.1, -0.05) is 12.1 Å². The topological polar surface area (TPSA) is 87.9 Å². The van der Waals surface area contributed by atoms with Gasteiger partial charge in [0.2, 0.25) is 11.8 Å². The van der Waals surface area contributed by atoms with Gasteiger partial charge in [0.05, 0.1) is 0 Å². The van der Waals surface area contributed by atoms with Gasteiger partial charge in [0.25, 0.3) is 5.91 Å². The number of nitrogens with zero attached hydrogens (tertiary/aromatic N) is 3. The fourth-order valence-corrected chi connectivity index (χ4v) is 1.48. The highest BCUT2D eigenvalue weighted by atomic mass is 16.2. The third kappa shape index (κ3) is 2.25. The Hall–Kier alpha value is -2.37. The summed E-state index contributed by atoms with van der Waals surface area (Å²) >= 11 is 0. The van der Waals surface area contributed by atoms with E-state index in [4.69, 9.17) is 5.73 Å². The summed E-state index contributed by atoms with van der Waals surface area (Å²) < 4.78 is 0. The van der Waals surface area contributed by atoms with Gasteiger partial charge in [-0.3, -0.25) is 9.89 Å². The molecular formula is C11H13N5O. The maximum Gasteiger partial charge on any atom is 0.295 e. The zero-order valence-corrected chi connectivity index (χ0v) is 9.64. The molecular weight excluding hydrogens is 218 g/mol. The molecule has 0 saturated carbocycles. The Labute approximate surface area is 98.5 Å². The van der Waals surface area contributed by atoms with E-state index in [2.05, 4.69) is 15.2 Å². The summed E-state index contributed by atoms with van der Waals surface area (Å²) in [5.41, 5.74) is 7.23. The van der Waals surface area contributed by atoms with Crippen LogP contribution in [0.2, 0.25) is 0 Å². The Kier molecular flexibility index (Phi) is 2.78. The average Bonchev–Trinajstić information content (AvgIpc) is 2.74. The molecule has 0 atom stereocenters. The molecule has 1 aromatic heterocycles. The molecule has 6 nitrogen and oxygen atoms in total. The lowest BCUT2D eigenvalue weighted by molar-refractivity contribution is 0.0983. The fourth-order valence-electron chi connectivity index (χ4n) is 1.48. The first-order valence-electron chi connectivity index (χ1n) is 5.10. The van der Waals surface area contributed by atoms with Gasteiger partial charge in [0, 0.05) is 12.7 Å². The first-order chi connectivity index (χ1) is 8.08. The van der Waals surface area contributed by atoms with E-state index in [-0.39, 0.29) is 17.7 Å². The lowest BCUT2D eigenvalue weighted by Crippen LogP contribution is -2.27. The van der Waals surface area contributed by atoms with Crippen LogP contribution in [0.15, 0.2) is 24.3 Å². The molecule has 1 amide bonds. The maximum atomic E-state index is 12.0. The largest absolute Gasteiger partial charge is 0.366 e. The van der Waals surface area contributed by atoms with Gasteiger partial charge < -0.3 is 10.6 Å². The van der Waals surface area contributed by atoms with E-state index in [1.54, 1.807) is 7.05 Å². The monoisotopic (exact) mass is 231 g/mol. The number of aryl methyl sites for hydroxylation is 1. The number of carbonyl (C=O) groups is 1. The maximum absolute atomic E-state index is 12.0. The number of anilines is 2. The van der Waals surface area contributed by atoms with E-state index < -0.39 is 0 Å². The Morgan fingerprint density at radius 2 is 2.24 bits per heavy atom. The number of nitrogen functional groups attached to an aromatic ring is 1. The Balaban J connectivity index is 2.26. The van der Waals surface area contributed by atoms with Crippen LogP contribution in [0, 0.1) is 6.92 Å². The Morgan fingerprint density at radius 3 is 2.82 bits per heavy atom. The molecule has 6 heteroatoms. The number of H-pyrrole nitrogens is 1. The van der Waals surface area contributed by atoms with Crippen molar-refractivity contribution in [3.05, 3.63) is 35.7 Å². The minimum atomic E-state index is -0.278. The van der Waals surface area contributed by atoms with Crippen LogP contribution in [0.3, 0.4) is 0 Å². The molecule has 0 aliphatic carbocycles. The van der Waals surface area contributed by atoms with Crippen molar-refractivity contribution in [3.63, 3.8) is 0 Å². The molecule has 0 bridgehead atoms. The number of nitrogens with two attached hydrogens (primary N) is 1. The SMILES string of the molecule is Cc1cccc(N(C)C(=O)c2nc(N)n[nH]2)c1. The van der Waals surface area contributed by atoms with E-state index >= 15 is 0 Å². The molecule has 0 radical (unpaired) electrons. The van der Waals surface area contributed by atoms with Gasteiger partial charge in [-0.25, -0.2) is 0 Å². The van der Waals surface area contributed by atoms with Gasteiger partial charge in [-0.2, -0.15) is 4.98 Å². The van der Waals surface area contributed by atoms with E-state index in [0.717, 1.165) is 11.3 Å². The second-order valence-corrected chi connectivity index (χ2v) is 3.75. The van der Waals surface area contributed by atoms with Gasteiger partial charge in [-0.05, 0) is 24.6 Å². The fraction of sp³-hybridized carbons (Fsp3) is 0.182. The van der Waals surface area contributed by atoms with Crippen LogP contribution in [0.1, 0.15) is 16.2 Å². The number of nitrogens with one attached hydrogen (secondary N) is 1. The minimum Gasteiger partial charge on any atom is -0.366 e. The van der Waals surface area contributed by atoms with E-state index in [9.17, 15) is 4.79 Å². The number of aromatic nitrogens is 3. The highest BCUT2D eigenvalue weighted by molar-refractivity contribution is 6.03. The number of amides is 1. The first-order valence-corrected chi connectivity index (χ1v) is 5.10. The zero-order chi connectivity index (χ0) is 12.4. The second kappa shape index (κ2) is 4.25. The van der Waals surface area contributed by atoms with Crippen molar-refractivity contribution in [2.45, 2.75) is 6.92 Å². The van der Waals surface area contributed by atoms with Crippen LogP contribution < -0.4 is 10.6 Å². The molecule has 0 fully saturated rings. The number of hydrogen-bond acceptors (Lipinski definition) is 4. The third-order valence-electron chi connectivity index (χ3n) is 2.40. The molecule has 2 rings (SSSR count). The summed E-state index contributed by atoms with van der Waals surface area (Å²) in [7, 11) is 1.68. The lowest BCUT2D eigenvalue weighted by atomic mass is 10.2. The van der Waals surface area contributed by atoms with Crippen molar-refractivity contribution in [2.75, 3.05) is 17.7 Å². The summed E-state index contributed by atoms with van der Waals surface area (Å²) in [4.78, 5) is 17.3. The smallest absolute Gasteiger partial charge is 0.295 e. The number of rotatable bonds is 2. The number of carbonyl (C=O) groups excluding carboxylic acids is 1. The summed E-state index contributed by atoms with van der Waals surface area (Å²) in [6.45, 7) is 1.97. The Bertz CT molecular complexity index is 548. The van der Waals surface area contributed by atoms with Crippen molar-refractivity contribution >= 4 is 17.5 Å². The molecule has 0 aliphatic rings. The quantitative estimate of drug-likeness (QED) is 0.806. The highest BCUT2D eigenvalue weighted by Gasteiger charge is 2.17. The lowest BCUT2D eigenvalue weighted by Gasteiger charge is -2.15. The van der Waals surface area contributed by atoms with E-state index in [1.165, 1.54) is 4.90 Å². The van der Waals surface area contributed by atoms with Gasteiger partial charge in [-0.15, -0.1) is 5.10 Å². The summed E-state index contributed by atoms with van der Waals surface area (Å²) in [5, 5.41) is 6.12. The second-order valence-electron chi connectivity index (χ2n) is 3.75. The zero-order valence-electron chi connectivity index (χ0n) is 9.64. The average molecular weight is 231 g/mol. The van der Waals surface area contributed by atoms with Crippen LogP contribution in [0.5, 0.6) is 0 Å². The molecule has 0 unspecified atom stereocenters. The summed E-state index contributed by atoms with van der Waals surface area (Å²) in [6.07, 6.45) is 0. The first kappa shape index (κ1) is 11.1. The molecule has 0 saturated heterocycles. The molecule has 88 valence electrons. The predicted molar refractivity (Wildman–Crippen MR) is 64.7 cm³/mol. The van der Waals surface area contributed by atoms with Crippen molar-refractivity contribution in [1.82, 2.24) is 15.2 Å². The van der Waals surface area contributed by atoms with Crippen LogP contribution in [0.25, 0.3) is 0 Å². The Morgan fingerprint density at radius 1 is 1.47 bits per heavy atom. The van der Waals surface area contributed by atoms with Gasteiger partial charge in [0.15, 0.2) is 0 Å². The molecule has 0 spiro atoms. The van der Waals surface area contributed by atoms with E-state index in [1.807, 2.05) is 31.2 Å². The van der Waals surface area contributed by atoms with Crippen LogP contribution >= 0.6 is 0 Å². The molecule has 17 heavy (non-hydrogen) atoms. The van der Waals surface area contributed by atoms with E-state index in [0.29, 0.717) is 0 Å². The third-order valence-corrected chi connectivity index (χ3v) is 2.40. The molecule has 1 aromatic carbocycles. The van der Waals surface area contributed by atoms with Gasteiger partial charge in [0.1, 0.15) is 0 Å². The summed E-state index contributed by atoms with van der Waals surface area (Å²) in [5.74, 6) is -0.0858. The number of benzene rings is 1.